The van der Waals surface area contributed by atoms with Gasteiger partial charge in [0.05, 0.1) is 6.61 Å². The van der Waals surface area contributed by atoms with Crippen molar-refractivity contribution in [3.05, 3.63) is 34.9 Å². The second-order valence-electron chi connectivity index (χ2n) is 6.25. The predicted molar refractivity (Wildman–Crippen MR) is 85.8 cm³/mol. The zero-order valence-electron chi connectivity index (χ0n) is 13.3. The van der Waals surface area contributed by atoms with Crippen molar-refractivity contribution in [2.45, 2.75) is 52.0 Å². The number of carbonyl (C=O) groups is 1. The van der Waals surface area contributed by atoms with E-state index in [2.05, 4.69) is 11.0 Å². The van der Waals surface area contributed by atoms with Gasteiger partial charge in [0, 0.05) is 31.1 Å². The summed E-state index contributed by atoms with van der Waals surface area (Å²) in [6.45, 7) is 5.68. The number of aliphatic hydroxyl groups excluding tert-OH is 1. The number of benzene rings is 1. The number of carbonyl (C=O) groups excluding carboxylic acids is 1. The monoisotopic (exact) mass is 289 g/mol. The first kappa shape index (κ1) is 16.2. The van der Waals surface area contributed by atoms with Gasteiger partial charge in [0.15, 0.2) is 5.78 Å². The second kappa shape index (κ2) is 7.71. The highest BCUT2D eigenvalue weighted by atomic mass is 16.3. The number of Topliss-reactive ketones (excluding diaryl/α,β-unsaturated/α-hetero) is 1. The Morgan fingerprint density at radius 2 is 1.76 bits per heavy atom. The Hall–Kier alpha value is -1.19. The lowest BCUT2D eigenvalue weighted by Crippen LogP contribution is -2.37. The van der Waals surface area contributed by atoms with E-state index in [9.17, 15) is 9.90 Å². The summed E-state index contributed by atoms with van der Waals surface area (Å²) in [5.41, 5.74) is 3.10. The molecule has 0 aromatic heterocycles. The molecule has 0 bridgehead atoms. The molecule has 0 radical (unpaired) electrons. The van der Waals surface area contributed by atoms with Crippen LogP contribution < -0.4 is 0 Å². The summed E-state index contributed by atoms with van der Waals surface area (Å²) in [4.78, 5) is 14.7. The lowest BCUT2D eigenvalue weighted by Gasteiger charge is -2.27. The van der Waals surface area contributed by atoms with Crippen molar-refractivity contribution in [2.75, 3.05) is 19.7 Å². The third kappa shape index (κ3) is 4.65. The summed E-state index contributed by atoms with van der Waals surface area (Å²) < 4.78 is 0. The third-order valence-electron chi connectivity index (χ3n) is 4.40. The van der Waals surface area contributed by atoms with Crippen molar-refractivity contribution in [3.63, 3.8) is 0 Å². The molecule has 116 valence electrons. The third-order valence-corrected chi connectivity index (χ3v) is 4.40. The van der Waals surface area contributed by atoms with Crippen molar-refractivity contribution in [1.82, 2.24) is 4.90 Å². The molecule has 2 rings (SSSR count). The summed E-state index contributed by atoms with van der Waals surface area (Å²) in [6, 6.07) is 6.60. The van der Waals surface area contributed by atoms with Crippen molar-refractivity contribution < 1.29 is 9.90 Å². The van der Waals surface area contributed by atoms with Crippen LogP contribution in [-0.4, -0.2) is 41.5 Å². The van der Waals surface area contributed by atoms with Crippen LogP contribution in [0.4, 0.5) is 0 Å². The van der Waals surface area contributed by atoms with E-state index in [1.54, 1.807) is 0 Å². The number of ketones is 1. The molecule has 1 N–H and O–H groups in total. The van der Waals surface area contributed by atoms with Gasteiger partial charge in [-0.3, -0.25) is 9.69 Å². The quantitative estimate of drug-likeness (QED) is 0.784. The highest BCUT2D eigenvalue weighted by Gasteiger charge is 2.22. The van der Waals surface area contributed by atoms with Gasteiger partial charge in [-0.1, -0.05) is 30.0 Å². The zero-order chi connectivity index (χ0) is 15.2. The molecule has 3 heteroatoms. The largest absolute Gasteiger partial charge is 0.395 e. The van der Waals surface area contributed by atoms with Gasteiger partial charge in [0.1, 0.15) is 0 Å². The standard InChI is InChI=1S/C18H27NO2/c1-14-11-15(2)13-16(12-14)18(21)7-8-19(9-10-20)17-5-3-4-6-17/h11-13,17,20H,3-10H2,1-2H3. The van der Waals surface area contributed by atoms with Gasteiger partial charge in [-0.15, -0.1) is 0 Å². The van der Waals surface area contributed by atoms with E-state index >= 15 is 0 Å². The molecular weight excluding hydrogens is 262 g/mol. The minimum atomic E-state index is 0.175. The molecule has 0 saturated heterocycles. The predicted octanol–water partition coefficient (Wildman–Crippen LogP) is 3.11. The van der Waals surface area contributed by atoms with Crippen LogP contribution in [0.5, 0.6) is 0 Å². The van der Waals surface area contributed by atoms with Crippen molar-refractivity contribution >= 4 is 5.78 Å². The topological polar surface area (TPSA) is 40.5 Å². The van der Waals surface area contributed by atoms with E-state index in [0.717, 1.165) is 23.2 Å². The Morgan fingerprint density at radius 1 is 1.14 bits per heavy atom. The average molecular weight is 289 g/mol. The van der Waals surface area contributed by atoms with E-state index in [-0.39, 0.29) is 12.4 Å². The fourth-order valence-corrected chi connectivity index (χ4v) is 3.40. The van der Waals surface area contributed by atoms with Crippen LogP contribution in [0.25, 0.3) is 0 Å². The molecule has 0 spiro atoms. The molecule has 21 heavy (non-hydrogen) atoms. The molecule has 0 unspecified atom stereocenters. The van der Waals surface area contributed by atoms with Gasteiger partial charge in [0.2, 0.25) is 0 Å². The van der Waals surface area contributed by atoms with Crippen LogP contribution in [-0.2, 0) is 0 Å². The van der Waals surface area contributed by atoms with E-state index in [1.807, 2.05) is 26.0 Å². The first-order valence-corrected chi connectivity index (χ1v) is 8.06. The maximum Gasteiger partial charge on any atom is 0.164 e. The summed E-state index contributed by atoms with van der Waals surface area (Å²) >= 11 is 0. The normalized spacial score (nSPS) is 15.8. The fraction of sp³-hybridized carbons (Fsp3) is 0.611. The second-order valence-corrected chi connectivity index (χ2v) is 6.25. The van der Waals surface area contributed by atoms with Gasteiger partial charge < -0.3 is 5.11 Å². The van der Waals surface area contributed by atoms with E-state index in [0.29, 0.717) is 19.0 Å². The van der Waals surface area contributed by atoms with Crippen LogP contribution in [0.2, 0.25) is 0 Å². The van der Waals surface area contributed by atoms with Crippen LogP contribution >= 0.6 is 0 Å². The van der Waals surface area contributed by atoms with Gasteiger partial charge in [0.25, 0.3) is 0 Å². The SMILES string of the molecule is Cc1cc(C)cc(C(=O)CCN(CCO)C2CCCC2)c1. The van der Waals surface area contributed by atoms with Crippen molar-refractivity contribution in [1.29, 1.82) is 0 Å². The van der Waals surface area contributed by atoms with E-state index < -0.39 is 0 Å². The number of aryl methyl sites for hydroxylation is 2. The number of hydrogen-bond donors (Lipinski definition) is 1. The zero-order valence-corrected chi connectivity index (χ0v) is 13.3. The van der Waals surface area contributed by atoms with Crippen LogP contribution in [0.1, 0.15) is 53.6 Å². The Labute approximate surface area is 128 Å². The molecule has 1 aliphatic carbocycles. The Balaban J connectivity index is 1.94. The molecule has 1 saturated carbocycles. The molecule has 0 heterocycles. The summed E-state index contributed by atoms with van der Waals surface area (Å²) in [6.07, 6.45) is 5.50. The first-order valence-electron chi connectivity index (χ1n) is 8.06. The van der Waals surface area contributed by atoms with Crippen molar-refractivity contribution in [3.8, 4) is 0 Å². The van der Waals surface area contributed by atoms with Crippen LogP contribution in [0, 0.1) is 13.8 Å². The maximum atomic E-state index is 12.4. The van der Waals surface area contributed by atoms with Gasteiger partial charge >= 0.3 is 0 Å². The van der Waals surface area contributed by atoms with E-state index in [1.165, 1.54) is 25.7 Å². The minimum absolute atomic E-state index is 0.175. The fourth-order valence-electron chi connectivity index (χ4n) is 3.40. The molecular formula is C18H27NO2. The molecule has 0 amide bonds. The number of aliphatic hydroxyl groups is 1. The Morgan fingerprint density at radius 3 is 2.33 bits per heavy atom. The number of nitrogens with zero attached hydrogens (tertiary/aromatic N) is 1. The summed E-state index contributed by atoms with van der Waals surface area (Å²) in [7, 11) is 0. The maximum absolute atomic E-state index is 12.4. The van der Waals surface area contributed by atoms with Crippen LogP contribution in [0.15, 0.2) is 18.2 Å². The summed E-state index contributed by atoms with van der Waals surface area (Å²) in [5, 5.41) is 9.23. The number of rotatable bonds is 7. The highest BCUT2D eigenvalue weighted by molar-refractivity contribution is 5.96. The average Bonchev–Trinajstić information content (AvgIpc) is 2.96. The lowest BCUT2D eigenvalue weighted by molar-refractivity contribution is 0.0934. The Kier molecular flexibility index (Phi) is 5.95. The molecule has 1 aliphatic rings. The minimum Gasteiger partial charge on any atom is -0.395 e. The smallest absolute Gasteiger partial charge is 0.164 e. The highest BCUT2D eigenvalue weighted by Crippen LogP contribution is 2.23. The van der Waals surface area contributed by atoms with Gasteiger partial charge in [-0.05, 0) is 38.8 Å². The molecule has 1 fully saturated rings. The summed E-state index contributed by atoms with van der Waals surface area (Å²) in [5.74, 6) is 0.211. The van der Waals surface area contributed by atoms with Crippen molar-refractivity contribution in [2.24, 2.45) is 0 Å². The molecule has 1 aromatic rings. The molecule has 1 aromatic carbocycles. The lowest BCUT2D eigenvalue weighted by atomic mass is 10.0. The van der Waals surface area contributed by atoms with Gasteiger partial charge in [-0.25, -0.2) is 0 Å². The molecule has 3 nitrogen and oxygen atoms in total. The number of hydrogen-bond acceptors (Lipinski definition) is 3. The van der Waals surface area contributed by atoms with Crippen LogP contribution in [0.3, 0.4) is 0 Å². The molecule has 0 aliphatic heterocycles. The first-order chi connectivity index (χ1) is 10.1. The Bertz CT molecular complexity index is 458. The molecule has 0 atom stereocenters. The van der Waals surface area contributed by atoms with Gasteiger partial charge in [-0.2, -0.15) is 0 Å². The van der Waals surface area contributed by atoms with E-state index in [4.69, 9.17) is 0 Å².